The number of carboxylic acids is 2. The molecule has 63 heavy (non-hydrogen) atoms. The number of nitrogens with two attached hydrogens (primary N) is 1. The van der Waals surface area contributed by atoms with Gasteiger partial charge in [-0.15, -0.1) is 0 Å². The Labute approximate surface area is 361 Å². The van der Waals surface area contributed by atoms with Crippen LogP contribution in [0.3, 0.4) is 0 Å². The summed E-state index contributed by atoms with van der Waals surface area (Å²) >= 11 is 0. The van der Waals surface area contributed by atoms with Crippen LogP contribution in [0.1, 0.15) is 51.7 Å². The largest absolute Gasteiger partial charge is 0.508 e. The SMILES string of the molecule is C[C@@H](O)[C@H](NC(=O)CNC(=O)[C@H](CCC(=O)O)NC(=O)C(C)(C)NC(=O)[C@@H](N)Cc1ccc(O)cc1)C(=O)N[C@@H](Cc1ccccc1)C(=O)N[C@H](C(=O)N[C@@H](CO)C(=O)O)[C@@H](C)O. The van der Waals surface area contributed by atoms with Crippen molar-refractivity contribution in [3.8, 4) is 5.75 Å². The van der Waals surface area contributed by atoms with Crippen molar-refractivity contribution >= 4 is 53.3 Å². The summed E-state index contributed by atoms with van der Waals surface area (Å²) in [7, 11) is 0. The number of phenolic OH excluding ortho intramolecular Hbond substituents is 1. The highest BCUT2D eigenvalue weighted by atomic mass is 16.4. The molecule has 0 radical (unpaired) electrons. The summed E-state index contributed by atoms with van der Waals surface area (Å²) in [6, 6.07) is 4.51. The van der Waals surface area contributed by atoms with Gasteiger partial charge in [0, 0.05) is 12.8 Å². The number of carbonyl (C=O) groups excluding carboxylic acids is 7. The fourth-order valence-corrected chi connectivity index (χ4v) is 5.66. The van der Waals surface area contributed by atoms with Gasteiger partial charge in [0.05, 0.1) is 31.4 Å². The number of aliphatic hydroxyl groups is 3. The molecule has 0 aromatic heterocycles. The summed E-state index contributed by atoms with van der Waals surface area (Å²) in [5.74, 6) is -10.0. The first-order valence-corrected chi connectivity index (χ1v) is 19.6. The van der Waals surface area contributed by atoms with Crippen LogP contribution in [0.2, 0.25) is 0 Å². The molecule has 0 fully saturated rings. The van der Waals surface area contributed by atoms with Crippen molar-refractivity contribution in [2.24, 2.45) is 5.73 Å². The van der Waals surface area contributed by atoms with E-state index >= 15 is 0 Å². The van der Waals surface area contributed by atoms with Crippen molar-refractivity contribution in [1.82, 2.24) is 37.2 Å². The zero-order valence-electron chi connectivity index (χ0n) is 35.0. The number of rotatable bonds is 25. The second-order valence-electron chi connectivity index (χ2n) is 15.1. The van der Waals surface area contributed by atoms with Gasteiger partial charge in [-0.25, -0.2) is 4.79 Å². The number of carbonyl (C=O) groups is 9. The average Bonchev–Trinajstić information content (AvgIpc) is 3.21. The lowest BCUT2D eigenvalue weighted by Crippen LogP contribution is -2.62. The molecule has 2 rings (SSSR count). The van der Waals surface area contributed by atoms with Gasteiger partial charge in [-0.2, -0.15) is 0 Å². The molecule has 2 aromatic carbocycles. The van der Waals surface area contributed by atoms with E-state index in [1.54, 1.807) is 42.5 Å². The van der Waals surface area contributed by atoms with E-state index in [-0.39, 0.29) is 18.6 Å². The minimum atomic E-state index is -1.77. The summed E-state index contributed by atoms with van der Waals surface area (Å²) in [5, 5.41) is 73.9. The Kier molecular flexibility index (Phi) is 20.5. The van der Waals surface area contributed by atoms with Crippen LogP contribution in [0.15, 0.2) is 54.6 Å². The second kappa shape index (κ2) is 24.7. The molecule has 15 N–H and O–H groups in total. The maximum Gasteiger partial charge on any atom is 0.328 e. The lowest BCUT2D eigenvalue weighted by atomic mass is 10.00. The van der Waals surface area contributed by atoms with Crippen LogP contribution in [0.5, 0.6) is 5.75 Å². The molecule has 0 aliphatic rings. The normalized spacial score (nSPS) is 15.0. The van der Waals surface area contributed by atoms with E-state index < -0.39 is 133 Å². The van der Waals surface area contributed by atoms with Gasteiger partial charge >= 0.3 is 11.9 Å². The molecule has 23 nitrogen and oxygen atoms in total. The van der Waals surface area contributed by atoms with Crippen molar-refractivity contribution in [1.29, 1.82) is 0 Å². The van der Waals surface area contributed by atoms with Gasteiger partial charge in [0.2, 0.25) is 41.4 Å². The number of hydrogen-bond donors (Lipinski definition) is 14. The number of aromatic hydroxyl groups is 1. The highest BCUT2D eigenvalue weighted by Gasteiger charge is 2.36. The van der Waals surface area contributed by atoms with Crippen LogP contribution in [0.4, 0.5) is 0 Å². The minimum absolute atomic E-state index is 0.00709. The van der Waals surface area contributed by atoms with E-state index in [1.165, 1.54) is 26.0 Å². The van der Waals surface area contributed by atoms with Crippen LogP contribution in [0, 0.1) is 0 Å². The quantitative estimate of drug-likeness (QED) is 0.0448. The third-order valence-corrected chi connectivity index (χ3v) is 9.28. The Morgan fingerprint density at radius 2 is 1.19 bits per heavy atom. The first-order chi connectivity index (χ1) is 29.4. The van der Waals surface area contributed by atoms with Gasteiger partial charge in [0.1, 0.15) is 41.5 Å². The highest BCUT2D eigenvalue weighted by Crippen LogP contribution is 2.13. The number of aliphatic carboxylic acids is 2. The number of amides is 7. The molecule has 0 saturated carbocycles. The number of phenols is 1. The first-order valence-electron chi connectivity index (χ1n) is 19.6. The molecule has 0 saturated heterocycles. The van der Waals surface area contributed by atoms with E-state index in [2.05, 4.69) is 31.9 Å². The topological polar surface area (TPSA) is 385 Å². The third kappa shape index (κ3) is 17.7. The molecule has 0 heterocycles. The molecule has 0 spiro atoms. The van der Waals surface area contributed by atoms with Gasteiger partial charge in [0.25, 0.3) is 0 Å². The molecular formula is C40H56N8O15. The van der Waals surface area contributed by atoms with E-state index in [4.69, 9.17) is 5.73 Å². The van der Waals surface area contributed by atoms with Crippen molar-refractivity contribution in [3.63, 3.8) is 0 Å². The molecule has 2 aromatic rings. The number of hydrogen-bond acceptors (Lipinski definition) is 14. The van der Waals surface area contributed by atoms with E-state index in [0.717, 1.165) is 13.8 Å². The van der Waals surface area contributed by atoms with Gasteiger partial charge in [-0.3, -0.25) is 38.4 Å². The Morgan fingerprint density at radius 3 is 1.71 bits per heavy atom. The van der Waals surface area contributed by atoms with Gasteiger partial charge < -0.3 is 73.6 Å². The van der Waals surface area contributed by atoms with Gasteiger partial charge in [-0.05, 0) is 63.8 Å². The molecule has 7 amide bonds. The Bertz CT molecular complexity index is 1930. The van der Waals surface area contributed by atoms with E-state index in [1.807, 2.05) is 5.32 Å². The van der Waals surface area contributed by atoms with Crippen LogP contribution < -0.4 is 43.0 Å². The predicted molar refractivity (Wildman–Crippen MR) is 220 cm³/mol. The van der Waals surface area contributed by atoms with Crippen molar-refractivity contribution < 1.29 is 73.8 Å². The minimum Gasteiger partial charge on any atom is -0.508 e. The molecule has 0 bridgehead atoms. The molecule has 0 aliphatic carbocycles. The predicted octanol–water partition coefficient (Wildman–Crippen LogP) is -4.36. The number of aliphatic hydroxyl groups excluding tert-OH is 3. The lowest BCUT2D eigenvalue weighted by molar-refractivity contribution is -0.144. The van der Waals surface area contributed by atoms with E-state index in [0.29, 0.717) is 11.1 Å². The zero-order valence-corrected chi connectivity index (χ0v) is 35.0. The highest BCUT2D eigenvalue weighted by molar-refractivity contribution is 5.98. The first kappa shape index (κ1) is 52.4. The number of carboxylic acid groups (broad SMARTS) is 2. The van der Waals surface area contributed by atoms with Crippen LogP contribution in [-0.2, 0) is 56.0 Å². The van der Waals surface area contributed by atoms with Crippen molar-refractivity contribution in [2.45, 2.75) is 107 Å². The zero-order chi connectivity index (χ0) is 47.6. The molecule has 0 unspecified atom stereocenters. The maximum absolute atomic E-state index is 13.6. The Balaban J connectivity index is 2.17. The van der Waals surface area contributed by atoms with Gasteiger partial charge in [-0.1, -0.05) is 42.5 Å². The maximum atomic E-state index is 13.6. The monoisotopic (exact) mass is 888 g/mol. The van der Waals surface area contributed by atoms with Gasteiger partial charge in [0.15, 0.2) is 0 Å². The molecule has 0 aliphatic heterocycles. The summed E-state index contributed by atoms with van der Waals surface area (Å²) < 4.78 is 0. The smallest absolute Gasteiger partial charge is 0.328 e. The van der Waals surface area contributed by atoms with E-state index in [9.17, 15) is 73.8 Å². The lowest BCUT2D eigenvalue weighted by Gasteiger charge is -2.29. The van der Waals surface area contributed by atoms with Crippen LogP contribution >= 0.6 is 0 Å². The molecular weight excluding hydrogens is 832 g/mol. The van der Waals surface area contributed by atoms with Crippen LogP contribution in [-0.4, -0.2) is 151 Å². The Hall–Kier alpha value is -6.69. The molecule has 23 heteroatoms. The number of nitrogens with one attached hydrogen (secondary N) is 7. The Morgan fingerprint density at radius 1 is 0.651 bits per heavy atom. The summed E-state index contributed by atoms with van der Waals surface area (Å²) in [6.07, 6.45) is -4.47. The summed E-state index contributed by atoms with van der Waals surface area (Å²) in [6.45, 7) is 2.98. The summed E-state index contributed by atoms with van der Waals surface area (Å²) in [5.41, 5.74) is 5.44. The fraction of sp³-hybridized carbons (Fsp3) is 0.475. The average molecular weight is 889 g/mol. The van der Waals surface area contributed by atoms with Crippen LogP contribution in [0.25, 0.3) is 0 Å². The fourth-order valence-electron chi connectivity index (χ4n) is 5.66. The standard InChI is InChI=1S/C40H56N8O15/c1-20(50)31(36(59)43-27(17-22-8-6-5-7-9-22)35(58)47-32(21(2)51)37(60)44-28(19-49)38(61)62)46-29(53)18-42-34(57)26(14-15-30(54)55)45-39(63)40(3,4)48-33(56)25(41)16-23-10-12-24(52)13-11-23/h5-13,20-21,25-28,31-32,49-52H,14-19,41H2,1-4H3,(H,42,57)(H,43,59)(H,44,60)(H,45,63)(H,46,53)(H,47,58)(H,48,56)(H,54,55)(H,61,62)/t20-,21-,25+,26+,27+,28+,31+,32+/m1/s1. The molecule has 346 valence electrons. The van der Waals surface area contributed by atoms with Crippen molar-refractivity contribution in [3.05, 3.63) is 65.7 Å². The third-order valence-electron chi connectivity index (χ3n) is 9.28. The number of benzene rings is 2. The second-order valence-corrected chi connectivity index (χ2v) is 15.1. The molecule has 8 atom stereocenters. The summed E-state index contributed by atoms with van der Waals surface area (Å²) in [4.78, 5) is 115. The van der Waals surface area contributed by atoms with Crippen molar-refractivity contribution in [2.75, 3.05) is 13.2 Å².